The molecule has 5 heteroatoms. The van der Waals surface area contributed by atoms with E-state index in [1.807, 2.05) is 30.3 Å². The van der Waals surface area contributed by atoms with Crippen LogP contribution >= 0.6 is 0 Å². The smallest absolute Gasteiger partial charge is 0.192 e. The predicted molar refractivity (Wildman–Crippen MR) is 176 cm³/mol. The summed E-state index contributed by atoms with van der Waals surface area (Å²) in [6.07, 6.45) is 4.77. The first-order chi connectivity index (χ1) is 18.2. The lowest BCUT2D eigenvalue weighted by atomic mass is 9.77. The number of benzene rings is 1. The van der Waals surface area contributed by atoms with E-state index in [-0.39, 0.29) is 11.8 Å². The Morgan fingerprint density at radius 1 is 0.763 bits per heavy atom. The van der Waals surface area contributed by atoms with Gasteiger partial charge in [0.2, 0.25) is 0 Å². The molecule has 0 N–H and O–H groups in total. The zero-order valence-electron chi connectivity index (χ0n) is 26.5. The number of carbonyl (C=O) groups is 1. The van der Waals surface area contributed by atoms with Gasteiger partial charge in [0.1, 0.15) is 0 Å². The van der Waals surface area contributed by atoms with Crippen LogP contribution in [0.25, 0.3) is 0 Å². The number of carbonyl (C=O) groups excluding carboxylic acids is 1. The lowest BCUT2D eigenvalue weighted by Gasteiger charge is -2.51. The third kappa shape index (κ3) is 6.93. The summed E-state index contributed by atoms with van der Waals surface area (Å²) in [5.74, 6) is 0.582. The van der Waals surface area contributed by atoms with Crippen molar-refractivity contribution in [2.24, 2.45) is 11.8 Å². The van der Waals surface area contributed by atoms with Gasteiger partial charge >= 0.3 is 0 Å². The molecule has 1 aromatic carbocycles. The molecule has 0 amide bonds. The van der Waals surface area contributed by atoms with Gasteiger partial charge in [0.25, 0.3) is 0 Å². The summed E-state index contributed by atoms with van der Waals surface area (Å²) in [7, 11) is -4.69. The molecule has 0 radical (unpaired) electrons. The average Bonchev–Trinajstić information content (AvgIpc) is 2.99. The van der Waals surface area contributed by atoms with E-state index in [1.165, 1.54) is 36.3 Å². The van der Waals surface area contributed by atoms with Crippen LogP contribution in [0, 0.1) is 11.8 Å². The van der Waals surface area contributed by atoms with Gasteiger partial charge in [-0.1, -0.05) is 141 Å². The number of allylic oxidation sites excluding steroid dienone is 1. The quantitative estimate of drug-likeness (QED) is 0.105. The van der Waals surface area contributed by atoms with Gasteiger partial charge in [-0.05, 0) is 36.1 Å². The van der Waals surface area contributed by atoms with Crippen LogP contribution in [0.2, 0.25) is 59.6 Å². The molecule has 216 valence electrons. The number of hydrogen-bond acceptors (Lipinski definition) is 2. The molecule has 0 unspecified atom stereocenters. The van der Waals surface area contributed by atoms with Crippen LogP contribution in [0.15, 0.2) is 42.0 Å². The Labute approximate surface area is 239 Å². The zero-order valence-corrected chi connectivity index (χ0v) is 29.5. The Morgan fingerprint density at radius 3 is 1.66 bits per heavy atom. The Kier molecular flexibility index (Phi) is 13.5. The van der Waals surface area contributed by atoms with E-state index in [1.54, 1.807) is 5.57 Å². The molecule has 0 saturated heterocycles. The second-order valence-electron chi connectivity index (χ2n) is 12.1. The van der Waals surface area contributed by atoms with Gasteiger partial charge in [-0.15, -0.1) is 0 Å². The first kappa shape index (κ1) is 33.4. The standard InChI is InChI=1S/C33H60O2Si3/c1-10-36(11-2,12-3)33(37(13-4,14-5)15-6)29-24-25-31(32(34)28-22-20-19-21-23-28)30(26-29)27-35-38(16-7,17-8)18-9/h19-23,26,30-31,33H,10-18,24-25,27H2,1-9H3/t30-,31+/m1/s1. The largest absolute Gasteiger partial charge is 0.416 e. The summed E-state index contributed by atoms with van der Waals surface area (Å²) >= 11 is 0. The molecule has 0 bridgehead atoms. The van der Waals surface area contributed by atoms with Gasteiger partial charge in [0.05, 0.1) is 16.1 Å². The molecule has 1 aromatic rings. The Balaban J connectivity index is 2.64. The van der Waals surface area contributed by atoms with Gasteiger partial charge in [-0.3, -0.25) is 4.79 Å². The minimum Gasteiger partial charge on any atom is -0.416 e. The fourth-order valence-corrected chi connectivity index (χ4v) is 27.1. The van der Waals surface area contributed by atoms with Crippen LogP contribution in [0.4, 0.5) is 0 Å². The summed E-state index contributed by atoms with van der Waals surface area (Å²) in [5, 5.41) is 0.843. The number of ketones is 1. The van der Waals surface area contributed by atoms with E-state index in [9.17, 15) is 4.79 Å². The van der Waals surface area contributed by atoms with Crippen LogP contribution in [0.5, 0.6) is 0 Å². The zero-order chi connectivity index (χ0) is 28.4. The van der Waals surface area contributed by atoms with E-state index in [2.05, 4.69) is 68.4 Å². The topological polar surface area (TPSA) is 26.3 Å². The van der Waals surface area contributed by atoms with Gasteiger partial charge in [0.15, 0.2) is 14.1 Å². The first-order valence-electron chi connectivity index (χ1n) is 16.2. The number of rotatable bonds is 17. The summed E-state index contributed by atoms with van der Waals surface area (Å²) < 4.78 is 6.96. The van der Waals surface area contributed by atoms with Crippen LogP contribution in [0.3, 0.4) is 0 Å². The van der Waals surface area contributed by atoms with Gasteiger partial charge in [-0.25, -0.2) is 0 Å². The van der Waals surface area contributed by atoms with Crippen molar-refractivity contribution in [1.82, 2.24) is 0 Å². The predicted octanol–water partition coefficient (Wildman–Crippen LogP) is 10.8. The van der Waals surface area contributed by atoms with Crippen molar-refractivity contribution in [3.8, 4) is 0 Å². The summed E-state index contributed by atoms with van der Waals surface area (Å²) in [6.45, 7) is 22.7. The molecule has 2 rings (SSSR count). The van der Waals surface area contributed by atoms with Gasteiger partial charge < -0.3 is 4.43 Å². The number of hydrogen-bond donors (Lipinski definition) is 0. The van der Waals surface area contributed by atoms with E-state index in [0.29, 0.717) is 5.78 Å². The van der Waals surface area contributed by atoms with E-state index >= 15 is 0 Å². The van der Waals surface area contributed by atoms with Crippen molar-refractivity contribution in [2.45, 2.75) is 135 Å². The SMILES string of the molecule is CC[Si](CC)(CC)OC[C@H]1C=C(C([Si](CC)(CC)CC)[Si](CC)(CC)CC)CC[C@@H]1C(=O)c1ccccc1. The maximum atomic E-state index is 13.9. The summed E-state index contributed by atoms with van der Waals surface area (Å²) in [4.78, 5) is 13.9. The van der Waals surface area contributed by atoms with Crippen molar-refractivity contribution in [2.75, 3.05) is 6.61 Å². The van der Waals surface area contributed by atoms with Crippen molar-refractivity contribution in [1.29, 1.82) is 0 Å². The number of Topliss-reactive ketones (excluding diaryl/α,β-unsaturated/α-hetero) is 1. The van der Waals surface area contributed by atoms with Crippen LogP contribution in [-0.4, -0.2) is 36.9 Å². The van der Waals surface area contributed by atoms with Crippen LogP contribution < -0.4 is 0 Å². The van der Waals surface area contributed by atoms with Crippen LogP contribution in [0.1, 0.15) is 85.5 Å². The van der Waals surface area contributed by atoms with E-state index in [4.69, 9.17) is 4.43 Å². The molecule has 2 atom stereocenters. The molecule has 0 aliphatic heterocycles. The van der Waals surface area contributed by atoms with Gasteiger partial charge in [0, 0.05) is 24.0 Å². The molecule has 0 spiro atoms. The molecular formula is C33H60O2Si3. The molecule has 0 saturated carbocycles. The van der Waals surface area contributed by atoms with Crippen LogP contribution in [-0.2, 0) is 4.43 Å². The summed E-state index contributed by atoms with van der Waals surface area (Å²) in [6, 6.07) is 21.9. The van der Waals surface area contributed by atoms with E-state index in [0.717, 1.165) is 48.3 Å². The highest BCUT2D eigenvalue weighted by atomic mass is 28.4. The lowest BCUT2D eigenvalue weighted by Crippen LogP contribution is -2.54. The normalized spacial score (nSPS) is 19.1. The molecule has 1 aliphatic rings. The maximum Gasteiger partial charge on any atom is 0.192 e. The molecule has 0 heterocycles. The van der Waals surface area contributed by atoms with Crippen molar-refractivity contribution < 1.29 is 9.22 Å². The van der Waals surface area contributed by atoms with Crippen molar-refractivity contribution in [3.63, 3.8) is 0 Å². The minimum atomic E-state index is -1.73. The second-order valence-corrected chi connectivity index (χ2v) is 28.3. The van der Waals surface area contributed by atoms with Gasteiger partial charge in [-0.2, -0.15) is 0 Å². The third-order valence-electron chi connectivity index (χ3n) is 11.4. The van der Waals surface area contributed by atoms with Crippen molar-refractivity contribution in [3.05, 3.63) is 47.5 Å². The Hall–Kier alpha value is -0.759. The fourth-order valence-electron chi connectivity index (χ4n) is 8.05. The van der Waals surface area contributed by atoms with Crippen molar-refractivity contribution >= 4 is 30.2 Å². The third-order valence-corrected chi connectivity index (χ3v) is 31.4. The highest BCUT2D eigenvalue weighted by molar-refractivity contribution is 7.00. The lowest BCUT2D eigenvalue weighted by molar-refractivity contribution is 0.0839. The maximum absolute atomic E-state index is 13.9. The monoisotopic (exact) mass is 572 g/mol. The first-order valence-corrected chi connectivity index (χ1v) is 24.1. The highest BCUT2D eigenvalue weighted by Gasteiger charge is 2.51. The molecule has 38 heavy (non-hydrogen) atoms. The van der Waals surface area contributed by atoms with E-state index < -0.39 is 24.5 Å². The molecule has 1 aliphatic carbocycles. The Bertz CT molecular complexity index is 825. The molecule has 2 nitrogen and oxygen atoms in total. The molecular weight excluding hydrogens is 513 g/mol. The summed E-state index contributed by atoms with van der Waals surface area (Å²) in [5.41, 5.74) is 2.64. The second kappa shape index (κ2) is 15.3. The fraction of sp³-hybridized carbons (Fsp3) is 0.727. The molecule has 0 aromatic heterocycles. The Morgan fingerprint density at radius 2 is 1.24 bits per heavy atom. The highest BCUT2D eigenvalue weighted by Crippen LogP contribution is 2.52. The molecule has 0 fully saturated rings. The minimum absolute atomic E-state index is 0.0426. The average molecular weight is 573 g/mol.